The van der Waals surface area contributed by atoms with Gasteiger partial charge in [-0.15, -0.1) is 0 Å². The minimum Gasteiger partial charge on any atom is -0.489 e. The second-order valence-electron chi connectivity index (χ2n) is 5.87. The third kappa shape index (κ3) is 2.82. The van der Waals surface area contributed by atoms with Gasteiger partial charge in [0.1, 0.15) is 11.3 Å². The molecule has 5 heteroatoms. The Kier molecular flexibility index (Phi) is 4.34. The number of rotatable bonds is 4. The van der Waals surface area contributed by atoms with Gasteiger partial charge in [0.05, 0.1) is 11.8 Å². The third-order valence-electron chi connectivity index (χ3n) is 3.90. The highest BCUT2D eigenvalue weighted by atomic mass is 32.2. The van der Waals surface area contributed by atoms with Gasteiger partial charge < -0.3 is 13.9 Å². The van der Waals surface area contributed by atoms with Gasteiger partial charge in [0.2, 0.25) is 0 Å². The van der Waals surface area contributed by atoms with Crippen molar-refractivity contribution in [1.82, 2.24) is 0 Å². The Balaban J connectivity index is 2.23. The number of benzene rings is 1. The van der Waals surface area contributed by atoms with E-state index in [-0.39, 0.29) is 11.7 Å². The number of nitrogens with one attached hydrogen (secondary N) is 1. The second kappa shape index (κ2) is 6.24. The zero-order valence-corrected chi connectivity index (χ0v) is 14.0. The monoisotopic (exact) mass is 319 g/mol. The second-order valence-corrected chi connectivity index (χ2v) is 6.48. The fraction of sp³-hybridized carbons (Fsp3) is 0.471. The number of fused-ring (bicyclic) bond motifs is 3. The molecular formula is C17H21NO3S. The van der Waals surface area contributed by atoms with Gasteiger partial charge in [-0.2, -0.15) is 0 Å². The maximum atomic E-state index is 12.2. The first-order valence-corrected chi connectivity index (χ1v) is 8.91. The lowest BCUT2D eigenvalue weighted by Crippen LogP contribution is -2.16. The van der Waals surface area contributed by atoms with Crippen molar-refractivity contribution in [3.63, 3.8) is 0 Å². The smallest absolute Gasteiger partial charge is 0.339 e. The third-order valence-corrected chi connectivity index (χ3v) is 4.32. The van der Waals surface area contributed by atoms with Crippen LogP contribution in [0.4, 0.5) is 5.69 Å². The Morgan fingerprint density at radius 1 is 1.23 bits per heavy atom. The first-order valence-electron chi connectivity index (χ1n) is 7.68. The molecule has 1 aromatic carbocycles. The van der Waals surface area contributed by atoms with E-state index in [4.69, 9.17) is 9.15 Å². The summed E-state index contributed by atoms with van der Waals surface area (Å²) in [6, 6.07) is 3.89. The van der Waals surface area contributed by atoms with E-state index in [9.17, 15) is 4.79 Å². The molecule has 1 aliphatic carbocycles. The van der Waals surface area contributed by atoms with Crippen LogP contribution in [0.15, 0.2) is 21.3 Å². The molecule has 0 radical (unpaired) electrons. The quantitative estimate of drug-likeness (QED) is 0.678. The summed E-state index contributed by atoms with van der Waals surface area (Å²) in [6.07, 6.45) is 5.99. The summed E-state index contributed by atoms with van der Waals surface area (Å²) in [5.74, 6) is 0.718. The largest absolute Gasteiger partial charge is 0.489 e. The van der Waals surface area contributed by atoms with Gasteiger partial charge in [0.25, 0.3) is 0 Å². The van der Waals surface area contributed by atoms with E-state index in [2.05, 4.69) is 10.8 Å². The molecule has 0 unspecified atom stereocenters. The van der Waals surface area contributed by atoms with E-state index in [0.717, 1.165) is 53.6 Å². The average molecular weight is 319 g/mol. The summed E-state index contributed by atoms with van der Waals surface area (Å²) >= 11 is 1.52. The number of hydrogen-bond donors (Lipinski definition) is 1. The molecule has 0 saturated heterocycles. The number of hydrogen-bond acceptors (Lipinski definition) is 5. The van der Waals surface area contributed by atoms with Crippen LogP contribution in [0.1, 0.15) is 37.8 Å². The van der Waals surface area contributed by atoms with Crippen LogP contribution in [-0.2, 0) is 12.8 Å². The maximum Gasteiger partial charge on any atom is 0.339 e. The first kappa shape index (κ1) is 15.3. The lowest BCUT2D eigenvalue weighted by Gasteiger charge is -2.19. The number of aryl methyl sites for hydroxylation is 1. The Hall–Kier alpha value is -1.62. The highest BCUT2D eigenvalue weighted by Crippen LogP contribution is 2.35. The zero-order chi connectivity index (χ0) is 15.7. The molecular weight excluding hydrogens is 298 g/mol. The van der Waals surface area contributed by atoms with Crippen molar-refractivity contribution in [3.8, 4) is 5.75 Å². The van der Waals surface area contributed by atoms with Crippen molar-refractivity contribution >= 4 is 28.6 Å². The number of anilines is 1. The van der Waals surface area contributed by atoms with Crippen molar-refractivity contribution in [1.29, 1.82) is 0 Å². The van der Waals surface area contributed by atoms with Crippen molar-refractivity contribution in [2.75, 3.05) is 11.0 Å². The Morgan fingerprint density at radius 3 is 2.64 bits per heavy atom. The summed E-state index contributed by atoms with van der Waals surface area (Å²) in [5, 5.41) is 1.03. The van der Waals surface area contributed by atoms with Crippen molar-refractivity contribution in [2.24, 2.45) is 0 Å². The standard InChI is InChI=1S/C17H21NO3S/c1-10(2)20-16-9-15-13(8-14(16)18-22-3)11-6-4-5-7-12(11)17(19)21-15/h8-10,18H,4-7H2,1-3H3. The molecule has 0 amide bonds. The summed E-state index contributed by atoms with van der Waals surface area (Å²) in [7, 11) is 0. The van der Waals surface area contributed by atoms with Crippen LogP contribution in [-0.4, -0.2) is 12.4 Å². The van der Waals surface area contributed by atoms with Crippen molar-refractivity contribution in [2.45, 2.75) is 45.6 Å². The Morgan fingerprint density at radius 2 is 1.95 bits per heavy atom. The number of ether oxygens (including phenoxy) is 1. The lowest BCUT2D eigenvalue weighted by atomic mass is 9.90. The molecule has 1 N–H and O–H groups in total. The molecule has 4 nitrogen and oxygen atoms in total. The van der Waals surface area contributed by atoms with Gasteiger partial charge in [-0.1, -0.05) is 11.9 Å². The molecule has 0 spiro atoms. The molecule has 0 bridgehead atoms. The highest BCUT2D eigenvalue weighted by molar-refractivity contribution is 7.99. The summed E-state index contributed by atoms with van der Waals surface area (Å²) in [4.78, 5) is 12.2. The van der Waals surface area contributed by atoms with E-state index < -0.39 is 0 Å². The van der Waals surface area contributed by atoms with Gasteiger partial charge in [-0.3, -0.25) is 0 Å². The van der Waals surface area contributed by atoms with Gasteiger partial charge >= 0.3 is 5.63 Å². The summed E-state index contributed by atoms with van der Waals surface area (Å²) < 4.78 is 14.7. The maximum absolute atomic E-state index is 12.2. The van der Waals surface area contributed by atoms with Crippen LogP contribution >= 0.6 is 11.9 Å². The zero-order valence-electron chi connectivity index (χ0n) is 13.2. The van der Waals surface area contributed by atoms with E-state index in [0.29, 0.717) is 5.58 Å². The van der Waals surface area contributed by atoms with Crippen LogP contribution in [0.2, 0.25) is 0 Å². The van der Waals surface area contributed by atoms with Crippen molar-refractivity contribution in [3.05, 3.63) is 33.7 Å². The Bertz CT molecular complexity index is 752. The van der Waals surface area contributed by atoms with E-state index in [1.165, 1.54) is 11.9 Å². The molecule has 0 atom stereocenters. The molecule has 2 aromatic rings. The minimum atomic E-state index is -0.191. The van der Waals surface area contributed by atoms with Gasteiger partial charge in [-0.05, 0) is 51.2 Å². The fourth-order valence-corrected chi connectivity index (χ4v) is 3.39. The molecule has 1 aliphatic rings. The predicted molar refractivity (Wildman–Crippen MR) is 92.0 cm³/mol. The van der Waals surface area contributed by atoms with Crippen LogP contribution in [0.25, 0.3) is 11.0 Å². The minimum absolute atomic E-state index is 0.0594. The lowest BCUT2D eigenvalue weighted by molar-refractivity contribution is 0.244. The topological polar surface area (TPSA) is 51.5 Å². The molecule has 118 valence electrons. The van der Waals surface area contributed by atoms with Crippen molar-refractivity contribution < 1.29 is 9.15 Å². The van der Waals surface area contributed by atoms with Crippen LogP contribution in [0.5, 0.6) is 5.75 Å². The molecule has 0 aliphatic heterocycles. The highest BCUT2D eigenvalue weighted by Gasteiger charge is 2.20. The first-order chi connectivity index (χ1) is 10.6. The molecule has 1 aromatic heterocycles. The predicted octanol–water partition coefficient (Wildman–Crippen LogP) is 4.15. The summed E-state index contributed by atoms with van der Waals surface area (Å²) in [5.41, 5.74) is 3.36. The summed E-state index contributed by atoms with van der Waals surface area (Å²) in [6.45, 7) is 3.96. The van der Waals surface area contributed by atoms with E-state index in [1.807, 2.05) is 26.2 Å². The average Bonchev–Trinajstić information content (AvgIpc) is 2.48. The van der Waals surface area contributed by atoms with Crippen LogP contribution < -0.4 is 15.1 Å². The fourth-order valence-electron chi connectivity index (χ4n) is 3.01. The van der Waals surface area contributed by atoms with E-state index >= 15 is 0 Å². The molecule has 0 fully saturated rings. The SMILES string of the molecule is CSNc1cc2c3c(c(=O)oc2cc1OC(C)C)CCCC3. The Labute approximate surface area is 134 Å². The molecule has 0 saturated carbocycles. The van der Waals surface area contributed by atoms with Crippen LogP contribution in [0, 0.1) is 0 Å². The van der Waals surface area contributed by atoms with Crippen LogP contribution in [0.3, 0.4) is 0 Å². The molecule has 22 heavy (non-hydrogen) atoms. The normalized spacial score (nSPS) is 14.2. The van der Waals surface area contributed by atoms with Gasteiger partial charge in [-0.25, -0.2) is 4.79 Å². The molecule has 1 heterocycles. The van der Waals surface area contributed by atoms with Gasteiger partial charge in [0, 0.05) is 23.3 Å². The molecule has 3 rings (SSSR count). The van der Waals surface area contributed by atoms with E-state index in [1.54, 1.807) is 0 Å². The van der Waals surface area contributed by atoms with Gasteiger partial charge in [0.15, 0.2) is 0 Å².